The number of methoxy groups -OCH3 is 2. The van der Waals surface area contributed by atoms with Crippen molar-refractivity contribution < 1.29 is 19.0 Å². The van der Waals surface area contributed by atoms with Crippen molar-refractivity contribution in [1.82, 2.24) is 20.2 Å². The van der Waals surface area contributed by atoms with Crippen LogP contribution in [-0.4, -0.2) is 53.9 Å². The molecule has 2 aromatic carbocycles. The molecule has 0 aliphatic carbocycles. The summed E-state index contributed by atoms with van der Waals surface area (Å²) < 4.78 is 17.6. The number of hydrogen-bond donors (Lipinski definition) is 2. The second kappa shape index (κ2) is 10.6. The molecule has 31 heavy (non-hydrogen) atoms. The van der Waals surface area contributed by atoms with Crippen LogP contribution in [0.4, 0.5) is 0 Å². The first kappa shape index (κ1) is 22.3. The minimum atomic E-state index is -0.149. The van der Waals surface area contributed by atoms with Crippen molar-refractivity contribution >= 4 is 17.7 Å². The van der Waals surface area contributed by atoms with Crippen LogP contribution in [0.3, 0.4) is 0 Å². The van der Waals surface area contributed by atoms with E-state index in [1.165, 1.54) is 16.4 Å². The maximum atomic E-state index is 12.1. The van der Waals surface area contributed by atoms with E-state index < -0.39 is 0 Å². The third kappa shape index (κ3) is 5.82. The molecule has 10 heteroatoms. The van der Waals surface area contributed by atoms with Crippen molar-refractivity contribution in [3.63, 3.8) is 0 Å². The Bertz CT molecular complexity index is 1040. The van der Waals surface area contributed by atoms with Gasteiger partial charge in [0, 0.05) is 6.07 Å². The van der Waals surface area contributed by atoms with Gasteiger partial charge in [-0.1, -0.05) is 23.9 Å². The number of hydrogen-bond acceptors (Lipinski definition) is 8. The van der Waals surface area contributed by atoms with Crippen LogP contribution in [0.5, 0.6) is 17.2 Å². The molecule has 0 saturated heterocycles. The first-order valence-electron chi connectivity index (χ1n) is 9.53. The molecule has 1 amide bonds. The Balaban J connectivity index is 1.51. The summed E-state index contributed by atoms with van der Waals surface area (Å²) in [7, 11) is 3.13. The monoisotopic (exact) mass is 443 g/mol. The van der Waals surface area contributed by atoms with Crippen LogP contribution in [0.15, 0.2) is 47.6 Å². The third-order valence-electron chi connectivity index (χ3n) is 4.33. The fraction of sp³-hybridized carbons (Fsp3) is 0.286. The van der Waals surface area contributed by atoms with E-state index in [0.29, 0.717) is 41.2 Å². The molecule has 0 aliphatic rings. The van der Waals surface area contributed by atoms with Gasteiger partial charge in [0.05, 0.1) is 32.1 Å². The van der Waals surface area contributed by atoms with Gasteiger partial charge in [0.15, 0.2) is 5.82 Å². The average Bonchev–Trinajstić information content (AvgIpc) is 3.14. The van der Waals surface area contributed by atoms with Crippen LogP contribution in [0.2, 0.25) is 0 Å². The molecule has 9 nitrogen and oxygen atoms in total. The fourth-order valence-corrected chi connectivity index (χ4v) is 3.47. The molecule has 164 valence electrons. The summed E-state index contributed by atoms with van der Waals surface area (Å²) in [6.45, 7) is 2.78. The number of rotatable bonds is 10. The minimum Gasteiger partial charge on any atom is -0.497 e. The van der Waals surface area contributed by atoms with E-state index in [4.69, 9.17) is 20.1 Å². The summed E-state index contributed by atoms with van der Waals surface area (Å²) in [5, 5.41) is 11.5. The van der Waals surface area contributed by atoms with E-state index in [9.17, 15) is 4.79 Å². The predicted octanol–water partition coefficient (Wildman–Crippen LogP) is 2.27. The van der Waals surface area contributed by atoms with Crippen molar-refractivity contribution in [2.45, 2.75) is 12.1 Å². The summed E-state index contributed by atoms with van der Waals surface area (Å²) in [6.07, 6.45) is 0. The largest absolute Gasteiger partial charge is 0.497 e. The number of benzene rings is 2. The molecular weight excluding hydrogens is 418 g/mol. The second-order valence-corrected chi connectivity index (χ2v) is 7.49. The maximum absolute atomic E-state index is 12.1. The van der Waals surface area contributed by atoms with E-state index in [1.807, 2.05) is 31.2 Å². The van der Waals surface area contributed by atoms with Gasteiger partial charge in [-0.3, -0.25) is 4.79 Å². The van der Waals surface area contributed by atoms with Gasteiger partial charge in [0.2, 0.25) is 11.1 Å². The topological polar surface area (TPSA) is 114 Å². The van der Waals surface area contributed by atoms with Crippen LogP contribution in [0.25, 0.3) is 11.4 Å². The molecule has 0 aliphatic heterocycles. The molecule has 1 heterocycles. The molecule has 1 aromatic heterocycles. The van der Waals surface area contributed by atoms with Gasteiger partial charge in [-0.2, -0.15) is 0 Å². The Morgan fingerprint density at radius 2 is 1.97 bits per heavy atom. The van der Waals surface area contributed by atoms with Crippen LogP contribution in [0.1, 0.15) is 5.56 Å². The highest BCUT2D eigenvalue weighted by Crippen LogP contribution is 2.32. The number of aryl methyl sites for hydroxylation is 1. The van der Waals surface area contributed by atoms with Gasteiger partial charge >= 0.3 is 0 Å². The number of ether oxygens (including phenoxy) is 3. The zero-order chi connectivity index (χ0) is 22.2. The quantitative estimate of drug-likeness (QED) is 0.279. The van der Waals surface area contributed by atoms with Crippen LogP contribution in [-0.2, 0) is 4.79 Å². The Morgan fingerprint density at radius 1 is 1.13 bits per heavy atom. The molecule has 0 saturated carbocycles. The standard InChI is InChI=1S/C21H25N5O4S/c1-14-5-4-6-16(11-14)30-10-9-23-19(27)13-31-21-25-24-20(26(21)22)17-8-7-15(28-2)12-18(17)29-3/h4-8,11-12H,9-10,13,22H2,1-3H3,(H,23,27). The molecule has 0 bridgehead atoms. The molecule has 0 spiro atoms. The fourth-order valence-electron chi connectivity index (χ4n) is 2.79. The lowest BCUT2D eigenvalue weighted by Gasteiger charge is -2.10. The third-order valence-corrected chi connectivity index (χ3v) is 5.27. The Labute approximate surface area is 184 Å². The van der Waals surface area contributed by atoms with Gasteiger partial charge < -0.3 is 25.4 Å². The number of aromatic nitrogens is 3. The van der Waals surface area contributed by atoms with Crippen LogP contribution >= 0.6 is 11.8 Å². The van der Waals surface area contributed by atoms with E-state index in [0.717, 1.165) is 11.3 Å². The van der Waals surface area contributed by atoms with Crippen molar-refractivity contribution in [2.24, 2.45) is 0 Å². The van der Waals surface area contributed by atoms with Gasteiger partial charge in [-0.15, -0.1) is 10.2 Å². The smallest absolute Gasteiger partial charge is 0.230 e. The molecule has 3 N–H and O–H groups in total. The lowest BCUT2D eigenvalue weighted by molar-refractivity contribution is -0.118. The van der Waals surface area contributed by atoms with Gasteiger partial charge in [0.25, 0.3) is 0 Å². The lowest BCUT2D eigenvalue weighted by atomic mass is 10.2. The number of nitrogen functional groups attached to an aromatic ring is 1. The normalized spacial score (nSPS) is 10.5. The van der Waals surface area contributed by atoms with E-state index in [1.54, 1.807) is 32.4 Å². The maximum Gasteiger partial charge on any atom is 0.230 e. The number of nitrogens with two attached hydrogens (primary N) is 1. The molecule has 3 aromatic rings. The highest BCUT2D eigenvalue weighted by molar-refractivity contribution is 7.99. The van der Waals surface area contributed by atoms with Gasteiger partial charge in [0.1, 0.15) is 23.9 Å². The molecular formula is C21H25N5O4S. The number of carbonyl (C=O) groups is 1. The Hall–Kier alpha value is -3.40. The van der Waals surface area contributed by atoms with Crippen LogP contribution in [0, 0.1) is 6.92 Å². The van der Waals surface area contributed by atoms with Crippen molar-refractivity contribution in [2.75, 3.05) is 39.0 Å². The summed E-state index contributed by atoms with van der Waals surface area (Å²) in [5.41, 5.74) is 1.79. The highest BCUT2D eigenvalue weighted by Gasteiger charge is 2.17. The zero-order valence-electron chi connectivity index (χ0n) is 17.6. The number of nitrogens with zero attached hydrogens (tertiary/aromatic N) is 3. The Kier molecular flexibility index (Phi) is 7.60. The lowest BCUT2D eigenvalue weighted by Crippen LogP contribution is -2.29. The average molecular weight is 444 g/mol. The van der Waals surface area contributed by atoms with Gasteiger partial charge in [-0.25, -0.2) is 4.68 Å². The zero-order valence-corrected chi connectivity index (χ0v) is 18.4. The van der Waals surface area contributed by atoms with Crippen molar-refractivity contribution in [3.8, 4) is 28.6 Å². The van der Waals surface area contributed by atoms with Gasteiger partial charge in [-0.05, 0) is 36.8 Å². The highest BCUT2D eigenvalue weighted by atomic mass is 32.2. The van der Waals surface area contributed by atoms with Crippen molar-refractivity contribution in [3.05, 3.63) is 48.0 Å². The summed E-state index contributed by atoms with van der Waals surface area (Å²) in [4.78, 5) is 12.1. The molecule has 0 fully saturated rings. The number of amides is 1. The Morgan fingerprint density at radius 3 is 2.71 bits per heavy atom. The van der Waals surface area contributed by atoms with E-state index in [-0.39, 0.29) is 11.7 Å². The molecule has 0 radical (unpaired) electrons. The van der Waals surface area contributed by atoms with Crippen molar-refractivity contribution in [1.29, 1.82) is 0 Å². The van der Waals surface area contributed by atoms with E-state index >= 15 is 0 Å². The number of carbonyl (C=O) groups excluding carboxylic acids is 1. The molecule has 0 atom stereocenters. The number of nitrogens with one attached hydrogen (secondary N) is 1. The first-order chi connectivity index (χ1) is 15.0. The predicted molar refractivity (Wildman–Crippen MR) is 119 cm³/mol. The number of thioether (sulfide) groups is 1. The summed E-state index contributed by atoms with van der Waals surface area (Å²) in [5.74, 6) is 8.56. The van der Waals surface area contributed by atoms with Crippen LogP contribution < -0.4 is 25.4 Å². The molecule has 3 rings (SSSR count). The minimum absolute atomic E-state index is 0.149. The SMILES string of the molecule is COc1ccc(-c2nnc(SCC(=O)NCCOc3cccc(C)c3)n2N)c(OC)c1. The summed E-state index contributed by atoms with van der Waals surface area (Å²) in [6, 6.07) is 13.1. The summed E-state index contributed by atoms with van der Waals surface area (Å²) >= 11 is 1.19. The first-order valence-corrected chi connectivity index (χ1v) is 10.5. The van der Waals surface area contributed by atoms with E-state index in [2.05, 4.69) is 15.5 Å². The second-order valence-electron chi connectivity index (χ2n) is 6.55. The molecule has 0 unspecified atom stereocenters.